The number of carbonyl (C=O) groups excluding carboxylic acids is 1. The zero-order chi connectivity index (χ0) is 10.7. The first kappa shape index (κ1) is 10.7. The minimum atomic E-state index is -0.292. The van der Waals surface area contributed by atoms with E-state index in [1.807, 2.05) is 25.3 Å². The number of esters is 1. The van der Waals surface area contributed by atoms with Crippen LogP contribution in [0.25, 0.3) is 0 Å². The summed E-state index contributed by atoms with van der Waals surface area (Å²) in [6.07, 6.45) is 0.176. The van der Waals surface area contributed by atoms with Crippen molar-refractivity contribution < 1.29 is 9.53 Å². The van der Waals surface area contributed by atoms with Crippen LogP contribution in [-0.2, 0) is 16.0 Å². The Bertz CT molecular complexity index is 331. The van der Waals surface area contributed by atoms with E-state index < -0.39 is 0 Å². The van der Waals surface area contributed by atoms with Gasteiger partial charge < -0.3 is 9.30 Å². The third kappa shape index (κ3) is 2.10. The van der Waals surface area contributed by atoms with Crippen LogP contribution < -0.4 is 0 Å². The molecule has 14 heavy (non-hydrogen) atoms. The van der Waals surface area contributed by atoms with Crippen molar-refractivity contribution in [3.63, 3.8) is 0 Å². The quantitative estimate of drug-likeness (QED) is 0.675. The second-order valence-corrected chi connectivity index (χ2v) is 3.38. The van der Waals surface area contributed by atoms with E-state index in [0.717, 1.165) is 5.82 Å². The number of aromatic nitrogens is 3. The molecule has 78 valence electrons. The Kier molecular flexibility index (Phi) is 3.22. The zero-order valence-corrected chi connectivity index (χ0v) is 8.94. The topological polar surface area (TPSA) is 57.0 Å². The van der Waals surface area contributed by atoms with Crippen LogP contribution in [0, 0.1) is 6.92 Å². The smallest absolute Gasteiger partial charge is 0.313 e. The molecule has 0 radical (unpaired) electrons. The van der Waals surface area contributed by atoms with Crippen molar-refractivity contribution >= 4 is 5.97 Å². The Labute approximate surface area is 83.1 Å². The number of hydrogen-bond donors (Lipinski definition) is 0. The second kappa shape index (κ2) is 4.21. The van der Waals surface area contributed by atoms with Gasteiger partial charge in [-0.05, 0) is 20.8 Å². The Morgan fingerprint density at radius 1 is 1.50 bits per heavy atom. The van der Waals surface area contributed by atoms with Crippen molar-refractivity contribution in [1.29, 1.82) is 0 Å². The summed E-state index contributed by atoms with van der Waals surface area (Å²) in [4.78, 5) is 11.1. The third-order valence-electron chi connectivity index (χ3n) is 1.98. The van der Waals surface area contributed by atoms with Gasteiger partial charge in [-0.3, -0.25) is 4.79 Å². The lowest BCUT2D eigenvalue weighted by Gasteiger charge is -2.11. The summed E-state index contributed by atoms with van der Waals surface area (Å²) in [5.74, 6) is 1.18. The summed E-state index contributed by atoms with van der Waals surface area (Å²) in [5.41, 5.74) is 0. The lowest BCUT2D eigenvalue weighted by Crippen LogP contribution is -2.13. The molecule has 0 fully saturated rings. The maximum atomic E-state index is 11.1. The Hall–Kier alpha value is -1.39. The van der Waals surface area contributed by atoms with Gasteiger partial charge in [0.2, 0.25) is 0 Å². The van der Waals surface area contributed by atoms with Crippen molar-refractivity contribution in [1.82, 2.24) is 14.8 Å². The predicted molar refractivity (Wildman–Crippen MR) is 50.9 cm³/mol. The summed E-state index contributed by atoms with van der Waals surface area (Å²) in [6.45, 7) is 5.92. The number of rotatable bonds is 3. The average molecular weight is 197 g/mol. The molecule has 1 rings (SSSR count). The SMILES string of the molecule is COC(=O)Cc1nnc(C)n1C(C)C. The van der Waals surface area contributed by atoms with E-state index >= 15 is 0 Å². The lowest BCUT2D eigenvalue weighted by molar-refractivity contribution is -0.140. The molecule has 5 nitrogen and oxygen atoms in total. The first-order chi connectivity index (χ1) is 6.56. The summed E-state index contributed by atoms with van der Waals surface area (Å²) in [6, 6.07) is 0.254. The number of ether oxygens (including phenoxy) is 1. The molecule has 0 aliphatic carbocycles. The fourth-order valence-electron chi connectivity index (χ4n) is 1.41. The summed E-state index contributed by atoms with van der Waals surface area (Å²) < 4.78 is 6.51. The normalized spacial score (nSPS) is 10.6. The standard InChI is InChI=1S/C9H15N3O2/c1-6(2)12-7(3)10-11-8(12)5-9(13)14-4/h6H,5H2,1-4H3. The van der Waals surface area contributed by atoms with Crippen LogP contribution in [0.3, 0.4) is 0 Å². The van der Waals surface area contributed by atoms with Crippen LogP contribution in [0.4, 0.5) is 0 Å². The van der Waals surface area contributed by atoms with Crippen molar-refractivity contribution in [2.75, 3.05) is 7.11 Å². The van der Waals surface area contributed by atoms with Crippen molar-refractivity contribution in [2.45, 2.75) is 33.2 Å². The molecular formula is C9H15N3O2. The molecule has 0 atom stereocenters. The van der Waals surface area contributed by atoms with E-state index in [1.54, 1.807) is 0 Å². The molecule has 0 spiro atoms. The summed E-state index contributed by atoms with van der Waals surface area (Å²) >= 11 is 0. The highest BCUT2D eigenvalue weighted by molar-refractivity contribution is 5.71. The lowest BCUT2D eigenvalue weighted by atomic mass is 10.3. The Morgan fingerprint density at radius 2 is 2.14 bits per heavy atom. The van der Waals surface area contributed by atoms with Crippen LogP contribution in [0.2, 0.25) is 0 Å². The van der Waals surface area contributed by atoms with E-state index in [2.05, 4.69) is 14.9 Å². The highest BCUT2D eigenvalue weighted by atomic mass is 16.5. The molecule has 0 amide bonds. The molecule has 0 bridgehead atoms. The fraction of sp³-hybridized carbons (Fsp3) is 0.667. The van der Waals surface area contributed by atoms with E-state index in [1.165, 1.54) is 7.11 Å². The third-order valence-corrected chi connectivity index (χ3v) is 1.98. The fourth-order valence-corrected chi connectivity index (χ4v) is 1.41. The van der Waals surface area contributed by atoms with Gasteiger partial charge in [-0.15, -0.1) is 10.2 Å². The molecule has 0 N–H and O–H groups in total. The molecule has 1 aromatic heterocycles. The van der Waals surface area contributed by atoms with Gasteiger partial charge in [-0.1, -0.05) is 0 Å². The van der Waals surface area contributed by atoms with Crippen LogP contribution in [-0.4, -0.2) is 27.8 Å². The van der Waals surface area contributed by atoms with Gasteiger partial charge in [0.15, 0.2) is 0 Å². The Morgan fingerprint density at radius 3 is 2.64 bits per heavy atom. The largest absolute Gasteiger partial charge is 0.469 e. The molecule has 0 unspecified atom stereocenters. The first-order valence-electron chi connectivity index (χ1n) is 4.53. The maximum Gasteiger partial charge on any atom is 0.313 e. The van der Waals surface area contributed by atoms with E-state index in [0.29, 0.717) is 5.82 Å². The number of aryl methyl sites for hydroxylation is 1. The molecule has 1 heterocycles. The second-order valence-electron chi connectivity index (χ2n) is 3.38. The average Bonchev–Trinajstić information content (AvgIpc) is 2.46. The molecule has 5 heteroatoms. The molecular weight excluding hydrogens is 182 g/mol. The Balaban J connectivity index is 2.92. The van der Waals surface area contributed by atoms with Crippen LogP contribution in [0.15, 0.2) is 0 Å². The minimum Gasteiger partial charge on any atom is -0.469 e. The number of carbonyl (C=O) groups is 1. The van der Waals surface area contributed by atoms with Crippen molar-refractivity contribution in [3.8, 4) is 0 Å². The van der Waals surface area contributed by atoms with Gasteiger partial charge in [0, 0.05) is 6.04 Å². The molecule has 0 saturated carbocycles. The predicted octanol–water partition coefficient (Wildman–Crippen LogP) is 0.883. The molecule has 0 aromatic carbocycles. The van der Waals surface area contributed by atoms with Gasteiger partial charge >= 0.3 is 5.97 Å². The minimum absolute atomic E-state index is 0.176. The highest BCUT2D eigenvalue weighted by Crippen LogP contribution is 2.11. The maximum absolute atomic E-state index is 11.1. The van der Waals surface area contributed by atoms with Crippen molar-refractivity contribution in [3.05, 3.63) is 11.6 Å². The van der Waals surface area contributed by atoms with Gasteiger partial charge in [0.1, 0.15) is 18.1 Å². The first-order valence-corrected chi connectivity index (χ1v) is 4.53. The molecule has 0 saturated heterocycles. The number of nitrogens with zero attached hydrogens (tertiary/aromatic N) is 3. The number of hydrogen-bond acceptors (Lipinski definition) is 4. The summed E-state index contributed by atoms with van der Waals surface area (Å²) in [5, 5.41) is 7.87. The van der Waals surface area contributed by atoms with E-state index in [-0.39, 0.29) is 18.4 Å². The molecule has 0 aliphatic heterocycles. The highest BCUT2D eigenvalue weighted by Gasteiger charge is 2.14. The van der Waals surface area contributed by atoms with Crippen molar-refractivity contribution in [2.24, 2.45) is 0 Å². The number of methoxy groups -OCH3 is 1. The summed E-state index contributed by atoms with van der Waals surface area (Å²) in [7, 11) is 1.37. The molecule has 1 aromatic rings. The van der Waals surface area contributed by atoms with E-state index in [4.69, 9.17) is 0 Å². The zero-order valence-electron chi connectivity index (χ0n) is 8.94. The molecule has 0 aliphatic rings. The van der Waals surface area contributed by atoms with Gasteiger partial charge in [-0.2, -0.15) is 0 Å². The van der Waals surface area contributed by atoms with Crippen LogP contribution >= 0.6 is 0 Å². The monoisotopic (exact) mass is 197 g/mol. The van der Waals surface area contributed by atoms with Crippen LogP contribution in [0.5, 0.6) is 0 Å². The van der Waals surface area contributed by atoms with E-state index in [9.17, 15) is 4.79 Å². The van der Waals surface area contributed by atoms with Crippen LogP contribution in [0.1, 0.15) is 31.5 Å². The van der Waals surface area contributed by atoms with Gasteiger partial charge in [-0.25, -0.2) is 0 Å². The van der Waals surface area contributed by atoms with Gasteiger partial charge in [0.25, 0.3) is 0 Å². The van der Waals surface area contributed by atoms with Gasteiger partial charge in [0.05, 0.1) is 7.11 Å².